The summed E-state index contributed by atoms with van der Waals surface area (Å²) in [6, 6.07) is 11.0. The Morgan fingerprint density at radius 1 is 1.07 bits per heavy atom. The summed E-state index contributed by atoms with van der Waals surface area (Å²) in [6.45, 7) is 4.95. The SMILES string of the molecule is O=C(/C=C/c1ccco1)N1CCC[C@H](N2CCN(c3ccccc3F)CC2)C1. The van der Waals surface area contributed by atoms with Gasteiger partial charge in [0.25, 0.3) is 0 Å². The summed E-state index contributed by atoms with van der Waals surface area (Å²) >= 11 is 0. The number of furan rings is 1. The summed E-state index contributed by atoms with van der Waals surface area (Å²) in [4.78, 5) is 19.0. The molecule has 0 bridgehead atoms. The molecule has 28 heavy (non-hydrogen) atoms. The van der Waals surface area contributed by atoms with Crippen LogP contribution in [0.1, 0.15) is 18.6 Å². The number of amides is 1. The minimum absolute atomic E-state index is 0.0334. The van der Waals surface area contributed by atoms with Crippen molar-refractivity contribution in [2.24, 2.45) is 0 Å². The Hall–Kier alpha value is -2.60. The normalized spacial score (nSPS) is 21.4. The van der Waals surface area contributed by atoms with Gasteiger partial charge >= 0.3 is 0 Å². The van der Waals surface area contributed by atoms with E-state index in [4.69, 9.17) is 4.42 Å². The van der Waals surface area contributed by atoms with Gasteiger partial charge in [0.05, 0.1) is 12.0 Å². The lowest BCUT2D eigenvalue weighted by Crippen LogP contribution is -2.55. The van der Waals surface area contributed by atoms with E-state index in [-0.39, 0.29) is 11.7 Å². The van der Waals surface area contributed by atoms with Crippen LogP contribution in [0.4, 0.5) is 10.1 Å². The van der Waals surface area contributed by atoms with Crippen LogP contribution in [0.5, 0.6) is 0 Å². The second-order valence-electron chi connectivity index (χ2n) is 7.40. The van der Waals surface area contributed by atoms with Crippen molar-refractivity contribution in [3.05, 3.63) is 60.3 Å². The number of carbonyl (C=O) groups excluding carboxylic acids is 1. The Labute approximate surface area is 165 Å². The van der Waals surface area contributed by atoms with Crippen LogP contribution in [0.3, 0.4) is 0 Å². The van der Waals surface area contributed by atoms with Crippen molar-refractivity contribution in [2.75, 3.05) is 44.2 Å². The first-order valence-electron chi connectivity index (χ1n) is 9.95. The quantitative estimate of drug-likeness (QED) is 0.760. The average Bonchev–Trinajstić information content (AvgIpc) is 3.26. The highest BCUT2D eigenvalue weighted by Gasteiger charge is 2.29. The summed E-state index contributed by atoms with van der Waals surface area (Å²) in [5, 5.41) is 0. The summed E-state index contributed by atoms with van der Waals surface area (Å²) in [6.07, 6.45) is 7.03. The molecule has 148 valence electrons. The molecule has 0 N–H and O–H groups in total. The molecule has 2 saturated heterocycles. The Bertz CT molecular complexity index is 813. The Balaban J connectivity index is 1.31. The molecule has 0 aliphatic carbocycles. The van der Waals surface area contributed by atoms with Crippen molar-refractivity contribution >= 4 is 17.7 Å². The number of nitrogens with zero attached hydrogens (tertiary/aromatic N) is 3. The molecule has 1 aromatic heterocycles. The first-order chi connectivity index (χ1) is 13.7. The highest BCUT2D eigenvalue weighted by molar-refractivity contribution is 5.91. The number of hydrogen-bond acceptors (Lipinski definition) is 4. The fourth-order valence-corrected chi connectivity index (χ4v) is 4.13. The largest absolute Gasteiger partial charge is 0.465 e. The van der Waals surface area contributed by atoms with Crippen molar-refractivity contribution in [2.45, 2.75) is 18.9 Å². The van der Waals surface area contributed by atoms with Crippen LogP contribution in [-0.4, -0.2) is 61.0 Å². The third-order valence-corrected chi connectivity index (χ3v) is 5.67. The smallest absolute Gasteiger partial charge is 0.246 e. The maximum atomic E-state index is 14.0. The molecule has 2 aliphatic rings. The van der Waals surface area contributed by atoms with Gasteiger partial charge in [0.1, 0.15) is 11.6 Å². The zero-order valence-corrected chi connectivity index (χ0v) is 16.0. The van der Waals surface area contributed by atoms with Gasteiger partial charge in [0.15, 0.2) is 0 Å². The minimum Gasteiger partial charge on any atom is -0.465 e. The molecule has 4 rings (SSSR count). The number of halogens is 1. The van der Waals surface area contributed by atoms with Gasteiger partial charge in [0, 0.05) is 51.4 Å². The molecule has 5 nitrogen and oxygen atoms in total. The van der Waals surface area contributed by atoms with Gasteiger partial charge in [-0.15, -0.1) is 0 Å². The van der Waals surface area contributed by atoms with Crippen LogP contribution >= 0.6 is 0 Å². The molecule has 0 unspecified atom stereocenters. The van der Waals surface area contributed by atoms with E-state index in [9.17, 15) is 9.18 Å². The fraction of sp³-hybridized carbons (Fsp3) is 0.409. The van der Waals surface area contributed by atoms with Crippen molar-refractivity contribution in [1.82, 2.24) is 9.80 Å². The molecule has 0 saturated carbocycles. The van der Waals surface area contributed by atoms with E-state index in [2.05, 4.69) is 9.80 Å². The highest BCUT2D eigenvalue weighted by atomic mass is 19.1. The van der Waals surface area contributed by atoms with E-state index >= 15 is 0 Å². The van der Waals surface area contributed by atoms with E-state index < -0.39 is 0 Å². The van der Waals surface area contributed by atoms with E-state index in [1.165, 1.54) is 6.07 Å². The summed E-state index contributed by atoms with van der Waals surface area (Å²) in [7, 11) is 0. The van der Waals surface area contributed by atoms with Gasteiger partial charge < -0.3 is 14.2 Å². The molecule has 6 heteroatoms. The minimum atomic E-state index is -0.159. The van der Waals surface area contributed by atoms with Crippen molar-refractivity contribution in [1.29, 1.82) is 0 Å². The van der Waals surface area contributed by atoms with Gasteiger partial charge in [0.2, 0.25) is 5.91 Å². The Morgan fingerprint density at radius 2 is 1.89 bits per heavy atom. The van der Waals surface area contributed by atoms with E-state index in [1.807, 2.05) is 29.2 Å². The zero-order chi connectivity index (χ0) is 19.3. The zero-order valence-electron chi connectivity index (χ0n) is 16.0. The van der Waals surface area contributed by atoms with E-state index in [0.29, 0.717) is 17.5 Å². The maximum absolute atomic E-state index is 14.0. The first kappa shape index (κ1) is 18.7. The van der Waals surface area contributed by atoms with Crippen LogP contribution in [0, 0.1) is 5.82 Å². The number of rotatable bonds is 4. The molecular weight excluding hydrogens is 357 g/mol. The standard InChI is InChI=1S/C22H26FN3O2/c23-20-7-1-2-8-21(20)25-14-12-24(13-15-25)18-5-3-11-26(17-18)22(27)10-9-19-6-4-16-28-19/h1-2,4,6-10,16,18H,3,5,11-15,17H2/b10-9+/t18-/m0/s1. The third kappa shape index (κ3) is 4.28. The second kappa shape index (κ2) is 8.61. The molecule has 1 aromatic carbocycles. The number of piperazine rings is 1. The Kier molecular flexibility index (Phi) is 5.76. The van der Waals surface area contributed by atoms with Crippen LogP contribution in [0.15, 0.2) is 53.2 Å². The predicted octanol–water partition coefficient (Wildman–Crippen LogP) is 3.25. The number of hydrogen-bond donors (Lipinski definition) is 0. The van der Waals surface area contributed by atoms with Crippen LogP contribution in [0.25, 0.3) is 6.08 Å². The van der Waals surface area contributed by atoms with Crippen molar-refractivity contribution in [3.8, 4) is 0 Å². The lowest BCUT2D eigenvalue weighted by Gasteiger charge is -2.43. The lowest BCUT2D eigenvalue weighted by atomic mass is 10.0. The van der Waals surface area contributed by atoms with Crippen LogP contribution in [-0.2, 0) is 4.79 Å². The number of likely N-dealkylation sites (tertiary alicyclic amines) is 1. The number of piperidine rings is 1. The molecule has 1 amide bonds. The summed E-state index contributed by atoms with van der Waals surface area (Å²) in [5.74, 6) is 0.561. The lowest BCUT2D eigenvalue weighted by molar-refractivity contribution is -0.128. The van der Waals surface area contributed by atoms with Gasteiger partial charge in [-0.2, -0.15) is 0 Å². The Morgan fingerprint density at radius 3 is 2.64 bits per heavy atom. The molecule has 0 spiro atoms. The monoisotopic (exact) mass is 383 g/mol. The average molecular weight is 383 g/mol. The molecule has 2 aromatic rings. The van der Waals surface area contributed by atoms with Gasteiger partial charge in [-0.1, -0.05) is 12.1 Å². The molecule has 3 heterocycles. The molecule has 2 aliphatic heterocycles. The van der Waals surface area contributed by atoms with Gasteiger partial charge in [-0.3, -0.25) is 9.69 Å². The van der Waals surface area contributed by atoms with Gasteiger partial charge in [-0.05, 0) is 43.2 Å². The molecule has 0 radical (unpaired) electrons. The summed E-state index contributed by atoms with van der Waals surface area (Å²) < 4.78 is 19.3. The van der Waals surface area contributed by atoms with Crippen LogP contribution < -0.4 is 4.90 Å². The van der Waals surface area contributed by atoms with Gasteiger partial charge in [-0.25, -0.2) is 4.39 Å². The number of carbonyl (C=O) groups is 1. The van der Waals surface area contributed by atoms with Crippen molar-refractivity contribution < 1.29 is 13.6 Å². The van der Waals surface area contributed by atoms with E-state index in [0.717, 1.165) is 52.1 Å². The number of benzene rings is 1. The van der Waals surface area contributed by atoms with E-state index in [1.54, 1.807) is 24.5 Å². The molecular formula is C22H26FN3O2. The fourth-order valence-electron chi connectivity index (χ4n) is 4.13. The summed E-state index contributed by atoms with van der Waals surface area (Å²) in [5.41, 5.74) is 0.686. The third-order valence-electron chi connectivity index (χ3n) is 5.67. The molecule has 2 fully saturated rings. The second-order valence-corrected chi connectivity index (χ2v) is 7.40. The van der Waals surface area contributed by atoms with Crippen molar-refractivity contribution in [3.63, 3.8) is 0 Å². The highest BCUT2D eigenvalue weighted by Crippen LogP contribution is 2.23. The number of anilines is 1. The predicted molar refractivity (Wildman–Crippen MR) is 108 cm³/mol. The topological polar surface area (TPSA) is 39.9 Å². The maximum Gasteiger partial charge on any atom is 0.246 e. The van der Waals surface area contributed by atoms with Crippen LogP contribution in [0.2, 0.25) is 0 Å². The molecule has 1 atom stereocenters. The first-order valence-corrected chi connectivity index (χ1v) is 9.95. The number of para-hydroxylation sites is 1.